The first-order chi connectivity index (χ1) is 9.54. The summed E-state index contributed by atoms with van der Waals surface area (Å²) in [6.45, 7) is 1.81. The van der Waals surface area contributed by atoms with Gasteiger partial charge >= 0.3 is 0 Å². The summed E-state index contributed by atoms with van der Waals surface area (Å²) in [7, 11) is 2.00. The first-order valence-electron chi connectivity index (χ1n) is 6.83. The number of anilines is 1. The lowest BCUT2D eigenvalue weighted by atomic mass is 9.92. The maximum absolute atomic E-state index is 11.9. The normalized spacial score (nSPS) is 23.1. The topological polar surface area (TPSA) is 70.7 Å². The van der Waals surface area contributed by atoms with Gasteiger partial charge in [-0.2, -0.15) is 4.52 Å². The predicted octanol–water partition coefficient (Wildman–Crippen LogP) is 1.20. The van der Waals surface area contributed by atoms with E-state index in [0.717, 1.165) is 30.8 Å². The second-order valence-electron chi connectivity index (χ2n) is 5.39. The molecule has 1 N–H and O–H groups in total. The van der Waals surface area contributed by atoms with Crippen LogP contribution >= 0.6 is 11.3 Å². The van der Waals surface area contributed by atoms with Gasteiger partial charge in [0.15, 0.2) is 0 Å². The van der Waals surface area contributed by atoms with Crippen molar-refractivity contribution in [2.24, 2.45) is 0 Å². The first kappa shape index (κ1) is 13.5. The minimum atomic E-state index is -0.165. The zero-order valence-corrected chi connectivity index (χ0v) is 12.4. The lowest BCUT2D eigenvalue weighted by Crippen LogP contribution is -2.36. The maximum atomic E-state index is 11.9. The monoisotopic (exact) mass is 294 g/mol. The van der Waals surface area contributed by atoms with Crippen LogP contribution in [0.1, 0.15) is 31.4 Å². The number of rotatable bonds is 2. The highest BCUT2D eigenvalue weighted by molar-refractivity contribution is 7.20. The SMILES string of the molecule is Cc1cc(=O)n2nc(N(C)C3CCC(O)CC3)sc2n1. The number of aromatic nitrogens is 3. The van der Waals surface area contributed by atoms with Gasteiger partial charge in [0, 0.05) is 24.8 Å². The van der Waals surface area contributed by atoms with E-state index in [2.05, 4.69) is 15.0 Å². The van der Waals surface area contributed by atoms with Crippen LogP contribution in [0.25, 0.3) is 4.96 Å². The molecule has 108 valence electrons. The Morgan fingerprint density at radius 1 is 1.40 bits per heavy atom. The number of nitrogens with zero attached hydrogens (tertiary/aromatic N) is 4. The quantitative estimate of drug-likeness (QED) is 0.901. The fourth-order valence-corrected chi connectivity index (χ4v) is 3.64. The first-order valence-corrected chi connectivity index (χ1v) is 7.64. The lowest BCUT2D eigenvalue weighted by molar-refractivity contribution is 0.122. The molecule has 0 atom stereocenters. The average molecular weight is 294 g/mol. The van der Waals surface area contributed by atoms with Gasteiger partial charge in [-0.05, 0) is 32.6 Å². The molecule has 2 heterocycles. The molecular formula is C13H18N4O2S. The van der Waals surface area contributed by atoms with Gasteiger partial charge in [0.25, 0.3) is 5.56 Å². The van der Waals surface area contributed by atoms with Crippen molar-refractivity contribution in [2.45, 2.75) is 44.8 Å². The van der Waals surface area contributed by atoms with Gasteiger partial charge in [-0.15, -0.1) is 5.10 Å². The third-order valence-electron chi connectivity index (χ3n) is 3.88. The van der Waals surface area contributed by atoms with Gasteiger partial charge in [0.05, 0.1) is 6.10 Å². The largest absolute Gasteiger partial charge is 0.393 e. The molecule has 2 aromatic rings. The molecule has 0 bridgehead atoms. The molecule has 0 spiro atoms. The van der Waals surface area contributed by atoms with E-state index in [1.807, 2.05) is 14.0 Å². The van der Waals surface area contributed by atoms with Crippen molar-refractivity contribution in [2.75, 3.05) is 11.9 Å². The summed E-state index contributed by atoms with van der Waals surface area (Å²) in [5.74, 6) is 0. The molecule has 6 nitrogen and oxygen atoms in total. The molecule has 0 saturated heterocycles. The zero-order valence-electron chi connectivity index (χ0n) is 11.6. The molecule has 20 heavy (non-hydrogen) atoms. The van der Waals surface area contributed by atoms with Gasteiger partial charge < -0.3 is 10.0 Å². The smallest absolute Gasteiger partial charge is 0.275 e. The Kier molecular flexibility index (Phi) is 3.47. The number of fused-ring (bicyclic) bond motifs is 1. The second kappa shape index (κ2) is 5.14. The van der Waals surface area contributed by atoms with E-state index in [1.54, 1.807) is 0 Å². The minimum Gasteiger partial charge on any atom is -0.393 e. The van der Waals surface area contributed by atoms with Crippen LogP contribution in [-0.4, -0.2) is 38.9 Å². The number of aliphatic hydroxyl groups is 1. The van der Waals surface area contributed by atoms with Crippen LogP contribution < -0.4 is 10.5 Å². The summed E-state index contributed by atoms with van der Waals surface area (Å²) in [6.07, 6.45) is 3.40. The van der Waals surface area contributed by atoms with Gasteiger partial charge in [-0.3, -0.25) is 4.79 Å². The highest BCUT2D eigenvalue weighted by Crippen LogP contribution is 2.28. The lowest BCUT2D eigenvalue weighted by Gasteiger charge is -2.32. The number of hydrogen-bond acceptors (Lipinski definition) is 6. The van der Waals surface area contributed by atoms with Crippen molar-refractivity contribution in [3.8, 4) is 0 Å². The highest BCUT2D eigenvalue weighted by Gasteiger charge is 2.25. The molecular weight excluding hydrogens is 276 g/mol. The van der Waals surface area contributed by atoms with Crippen molar-refractivity contribution in [1.82, 2.24) is 14.6 Å². The number of aliphatic hydroxyl groups excluding tert-OH is 1. The third-order valence-corrected chi connectivity index (χ3v) is 4.88. The van der Waals surface area contributed by atoms with Crippen molar-refractivity contribution >= 4 is 21.4 Å². The van der Waals surface area contributed by atoms with Crippen molar-refractivity contribution in [1.29, 1.82) is 0 Å². The molecule has 0 unspecified atom stereocenters. The van der Waals surface area contributed by atoms with E-state index in [-0.39, 0.29) is 11.7 Å². The molecule has 1 aliphatic rings. The van der Waals surface area contributed by atoms with Crippen LogP contribution in [0, 0.1) is 6.92 Å². The molecule has 0 amide bonds. The Labute approximate surface area is 120 Å². The second-order valence-corrected chi connectivity index (χ2v) is 6.32. The van der Waals surface area contributed by atoms with Crippen LogP contribution in [-0.2, 0) is 0 Å². The molecule has 0 radical (unpaired) electrons. The Morgan fingerprint density at radius 2 is 2.10 bits per heavy atom. The number of hydrogen-bond donors (Lipinski definition) is 1. The fraction of sp³-hybridized carbons (Fsp3) is 0.615. The summed E-state index contributed by atoms with van der Waals surface area (Å²) in [5, 5.41) is 14.8. The fourth-order valence-electron chi connectivity index (χ4n) is 2.65. The van der Waals surface area contributed by atoms with Gasteiger partial charge in [-0.25, -0.2) is 4.98 Å². The molecule has 2 aromatic heterocycles. The van der Waals surface area contributed by atoms with E-state index >= 15 is 0 Å². The summed E-state index contributed by atoms with van der Waals surface area (Å²) in [6, 6.07) is 1.86. The van der Waals surface area contributed by atoms with E-state index in [9.17, 15) is 9.90 Å². The minimum absolute atomic E-state index is 0.137. The highest BCUT2D eigenvalue weighted by atomic mass is 32.1. The van der Waals surface area contributed by atoms with Gasteiger partial charge in [0.1, 0.15) is 0 Å². The van der Waals surface area contributed by atoms with Crippen LogP contribution in [0.15, 0.2) is 10.9 Å². The summed E-state index contributed by atoms with van der Waals surface area (Å²) in [5.41, 5.74) is 0.580. The Balaban J connectivity index is 1.90. The molecule has 1 aliphatic carbocycles. The summed E-state index contributed by atoms with van der Waals surface area (Å²) >= 11 is 1.43. The molecule has 7 heteroatoms. The maximum Gasteiger partial charge on any atom is 0.275 e. The molecule has 3 rings (SSSR count). The summed E-state index contributed by atoms with van der Waals surface area (Å²) in [4.78, 5) is 19.0. The summed E-state index contributed by atoms with van der Waals surface area (Å²) < 4.78 is 1.36. The molecule has 1 saturated carbocycles. The standard InChI is InChI=1S/C13H18N4O2S/c1-8-7-11(19)17-12(14-8)20-13(15-17)16(2)9-3-5-10(18)6-4-9/h7,9-10,18H,3-6H2,1-2H3. The van der Waals surface area contributed by atoms with Crippen LogP contribution in [0.4, 0.5) is 5.13 Å². The van der Waals surface area contributed by atoms with Crippen LogP contribution in [0.3, 0.4) is 0 Å². The predicted molar refractivity (Wildman–Crippen MR) is 78.5 cm³/mol. The molecule has 0 aliphatic heterocycles. The van der Waals surface area contributed by atoms with Crippen LogP contribution in [0.5, 0.6) is 0 Å². The van der Waals surface area contributed by atoms with Gasteiger partial charge in [0.2, 0.25) is 10.1 Å². The van der Waals surface area contributed by atoms with Crippen molar-refractivity contribution in [3.63, 3.8) is 0 Å². The van der Waals surface area contributed by atoms with Crippen molar-refractivity contribution in [3.05, 3.63) is 22.1 Å². The van der Waals surface area contributed by atoms with E-state index in [1.165, 1.54) is 21.9 Å². The van der Waals surface area contributed by atoms with E-state index in [0.29, 0.717) is 16.7 Å². The zero-order chi connectivity index (χ0) is 14.3. The van der Waals surface area contributed by atoms with E-state index < -0.39 is 0 Å². The van der Waals surface area contributed by atoms with Crippen LogP contribution in [0.2, 0.25) is 0 Å². The Morgan fingerprint density at radius 3 is 2.80 bits per heavy atom. The molecule has 0 aromatic carbocycles. The Hall–Kier alpha value is -1.47. The average Bonchev–Trinajstić information content (AvgIpc) is 2.83. The van der Waals surface area contributed by atoms with Crippen molar-refractivity contribution < 1.29 is 5.11 Å². The Bertz CT molecular complexity index is 673. The van der Waals surface area contributed by atoms with Gasteiger partial charge in [-0.1, -0.05) is 11.3 Å². The number of aryl methyl sites for hydroxylation is 1. The van der Waals surface area contributed by atoms with E-state index in [4.69, 9.17) is 0 Å². The third kappa shape index (κ3) is 2.43. The molecule has 1 fully saturated rings.